The first-order chi connectivity index (χ1) is 7.53. The van der Waals surface area contributed by atoms with Crippen LogP contribution in [0, 0.1) is 0 Å². The number of sulfone groups is 1. The van der Waals surface area contributed by atoms with E-state index in [0.717, 1.165) is 0 Å². The largest absolute Gasteiger partial charge is 0.325 e. The molecule has 0 amide bonds. The van der Waals surface area contributed by atoms with Crippen LogP contribution < -0.4 is 0 Å². The van der Waals surface area contributed by atoms with Gasteiger partial charge in [-0.25, -0.2) is 13.4 Å². The van der Waals surface area contributed by atoms with Crippen molar-refractivity contribution in [3.8, 4) is 0 Å². The van der Waals surface area contributed by atoms with E-state index in [0.29, 0.717) is 0 Å². The molecular formula is C10H9ClN2O2S. The topological polar surface area (TPSA) is 52.0 Å². The Bertz CT molecular complexity index is 619. The van der Waals surface area contributed by atoms with Crippen molar-refractivity contribution in [1.29, 1.82) is 0 Å². The normalized spacial score (nSPS) is 11.6. The summed E-state index contributed by atoms with van der Waals surface area (Å²) in [7, 11) is -2.02. The third kappa shape index (κ3) is 1.72. The SMILES string of the molecule is Cn1ccnc1S(=O)(=O)c1ccccc1Cl. The second-order valence-electron chi connectivity index (χ2n) is 3.25. The molecule has 0 atom stereocenters. The summed E-state index contributed by atoms with van der Waals surface area (Å²) in [5, 5.41) is 0.186. The lowest BCUT2D eigenvalue weighted by molar-refractivity contribution is 0.579. The lowest BCUT2D eigenvalue weighted by Gasteiger charge is -2.05. The summed E-state index contributed by atoms with van der Waals surface area (Å²) < 4.78 is 25.8. The smallest absolute Gasteiger partial charge is 0.241 e. The molecule has 0 spiro atoms. The Balaban J connectivity index is 2.66. The molecule has 2 aromatic rings. The van der Waals surface area contributed by atoms with Crippen LogP contribution >= 0.6 is 11.6 Å². The summed E-state index contributed by atoms with van der Waals surface area (Å²) in [6, 6.07) is 6.31. The van der Waals surface area contributed by atoms with Gasteiger partial charge in [-0.3, -0.25) is 0 Å². The van der Waals surface area contributed by atoms with Crippen LogP contribution in [0.5, 0.6) is 0 Å². The van der Waals surface area contributed by atoms with Crippen molar-refractivity contribution in [3.05, 3.63) is 41.7 Å². The Morgan fingerprint density at radius 1 is 1.31 bits per heavy atom. The van der Waals surface area contributed by atoms with Crippen LogP contribution in [0.25, 0.3) is 0 Å². The van der Waals surface area contributed by atoms with Gasteiger partial charge < -0.3 is 4.57 Å². The van der Waals surface area contributed by atoms with E-state index in [9.17, 15) is 8.42 Å². The van der Waals surface area contributed by atoms with Gasteiger partial charge in [-0.1, -0.05) is 23.7 Å². The third-order valence-electron chi connectivity index (χ3n) is 2.14. The molecule has 0 bridgehead atoms. The Kier molecular flexibility index (Phi) is 2.73. The number of hydrogen-bond donors (Lipinski definition) is 0. The zero-order valence-electron chi connectivity index (χ0n) is 8.46. The van der Waals surface area contributed by atoms with Gasteiger partial charge in [0.25, 0.3) is 0 Å². The van der Waals surface area contributed by atoms with Gasteiger partial charge in [0.2, 0.25) is 15.0 Å². The van der Waals surface area contributed by atoms with E-state index in [1.165, 1.54) is 22.9 Å². The summed E-state index contributed by atoms with van der Waals surface area (Å²) in [6.45, 7) is 0. The number of rotatable bonds is 2. The van der Waals surface area contributed by atoms with Crippen LogP contribution in [0.3, 0.4) is 0 Å². The molecule has 4 nitrogen and oxygen atoms in total. The number of aryl methyl sites for hydroxylation is 1. The van der Waals surface area contributed by atoms with Gasteiger partial charge in [0, 0.05) is 19.4 Å². The second-order valence-corrected chi connectivity index (χ2v) is 5.47. The van der Waals surface area contributed by atoms with Gasteiger partial charge in [0.15, 0.2) is 0 Å². The van der Waals surface area contributed by atoms with Crippen molar-refractivity contribution < 1.29 is 8.42 Å². The Hall–Kier alpha value is -1.33. The van der Waals surface area contributed by atoms with E-state index in [1.54, 1.807) is 25.4 Å². The molecule has 84 valence electrons. The predicted molar refractivity (Wildman–Crippen MR) is 60.1 cm³/mol. The number of aromatic nitrogens is 2. The van der Waals surface area contributed by atoms with Crippen molar-refractivity contribution >= 4 is 21.4 Å². The van der Waals surface area contributed by atoms with Crippen molar-refractivity contribution in [2.45, 2.75) is 10.1 Å². The average molecular weight is 257 g/mol. The van der Waals surface area contributed by atoms with E-state index in [2.05, 4.69) is 4.98 Å². The summed E-state index contributed by atoms with van der Waals surface area (Å²) >= 11 is 5.86. The fourth-order valence-electron chi connectivity index (χ4n) is 1.37. The molecule has 0 fully saturated rings. The zero-order valence-corrected chi connectivity index (χ0v) is 10.0. The lowest BCUT2D eigenvalue weighted by Crippen LogP contribution is -2.09. The Morgan fingerprint density at radius 3 is 2.56 bits per heavy atom. The van der Waals surface area contributed by atoms with E-state index >= 15 is 0 Å². The maximum Gasteiger partial charge on any atom is 0.241 e. The van der Waals surface area contributed by atoms with Gasteiger partial charge in [-0.05, 0) is 12.1 Å². The number of nitrogens with zero attached hydrogens (tertiary/aromatic N) is 2. The highest BCUT2D eigenvalue weighted by Crippen LogP contribution is 2.25. The highest BCUT2D eigenvalue weighted by Gasteiger charge is 2.24. The van der Waals surface area contributed by atoms with Gasteiger partial charge in [0.05, 0.1) is 9.92 Å². The minimum atomic E-state index is -3.64. The first kappa shape index (κ1) is 11.2. The molecule has 0 aliphatic rings. The standard InChI is InChI=1S/C10H9ClN2O2S/c1-13-7-6-12-10(13)16(14,15)9-5-3-2-4-8(9)11/h2-7H,1H3. The van der Waals surface area contributed by atoms with Crippen molar-refractivity contribution in [2.24, 2.45) is 7.05 Å². The summed E-state index contributed by atoms with van der Waals surface area (Å²) in [5.41, 5.74) is 0. The van der Waals surface area contributed by atoms with Crippen LogP contribution in [-0.2, 0) is 16.9 Å². The van der Waals surface area contributed by atoms with Gasteiger partial charge >= 0.3 is 0 Å². The minimum absolute atomic E-state index is 0.0133. The molecule has 1 heterocycles. The highest BCUT2D eigenvalue weighted by atomic mass is 35.5. The molecule has 0 radical (unpaired) electrons. The van der Waals surface area contributed by atoms with Gasteiger partial charge in [-0.2, -0.15) is 0 Å². The molecule has 0 N–H and O–H groups in total. The molecule has 0 aliphatic carbocycles. The quantitative estimate of drug-likeness (QED) is 0.825. The molecule has 16 heavy (non-hydrogen) atoms. The Labute approximate surface area is 98.4 Å². The molecule has 1 aromatic carbocycles. The molecule has 0 saturated heterocycles. The van der Waals surface area contributed by atoms with Crippen molar-refractivity contribution in [2.75, 3.05) is 0 Å². The Morgan fingerprint density at radius 2 is 2.00 bits per heavy atom. The zero-order chi connectivity index (χ0) is 11.8. The van der Waals surface area contributed by atoms with Gasteiger partial charge in [0.1, 0.15) is 0 Å². The predicted octanol–water partition coefficient (Wildman–Crippen LogP) is 1.91. The molecule has 6 heteroatoms. The number of hydrogen-bond acceptors (Lipinski definition) is 3. The van der Waals surface area contributed by atoms with E-state index in [1.807, 2.05) is 0 Å². The third-order valence-corrected chi connectivity index (χ3v) is 4.39. The average Bonchev–Trinajstić information content (AvgIpc) is 2.65. The summed E-state index contributed by atoms with van der Waals surface area (Å²) in [4.78, 5) is 3.90. The first-order valence-electron chi connectivity index (χ1n) is 4.50. The van der Waals surface area contributed by atoms with E-state index in [4.69, 9.17) is 11.6 Å². The van der Waals surface area contributed by atoms with Crippen LogP contribution in [0.15, 0.2) is 46.7 Å². The van der Waals surface area contributed by atoms with Crippen LogP contribution in [0.2, 0.25) is 5.02 Å². The van der Waals surface area contributed by atoms with Crippen molar-refractivity contribution in [3.63, 3.8) is 0 Å². The summed E-state index contributed by atoms with van der Waals surface area (Å²) in [5.74, 6) is 0. The van der Waals surface area contributed by atoms with Crippen LogP contribution in [0.1, 0.15) is 0 Å². The van der Waals surface area contributed by atoms with E-state index in [-0.39, 0.29) is 15.1 Å². The number of benzene rings is 1. The lowest BCUT2D eigenvalue weighted by atomic mass is 10.4. The molecule has 2 rings (SSSR count). The number of halogens is 1. The minimum Gasteiger partial charge on any atom is -0.325 e. The fourth-order valence-corrected chi connectivity index (χ4v) is 3.23. The highest BCUT2D eigenvalue weighted by molar-refractivity contribution is 7.91. The summed E-state index contributed by atoms with van der Waals surface area (Å²) in [6.07, 6.45) is 3.01. The monoisotopic (exact) mass is 256 g/mol. The first-order valence-corrected chi connectivity index (χ1v) is 6.36. The molecule has 0 unspecified atom stereocenters. The molecule has 0 aliphatic heterocycles. The molecular weight excluding hydrogens is 248 g/mol. The second kappa shape index (κ2) is 3.92. The van der Waals surface area contributed by atoms with Crippen molar-refractivity contribution in [1.82, 2.24) is 9.55 Å². The number of imidazole rings is 1. The van der Waals surface area contributed by atoms with Gasteiger partial charge in [-0.15, -0.1) is 0 Å². The molecule has 1 aromatic heterocycles. The van der Waals surface area contributed by atoms with E-state index < -0.39 is 9.84 Å². The maximum atomic E-state index is 12.2. The van der Waals surface area contributed by atoms with Crippen LogP contribution in [0.4, 0.5) is 0 Å². The fraction of sp³-hybridized carbons (Fsp3) is 0.100. The molecule has 0 saturated carbocycles. The maximum absolute atomic E-state index is 12.2. The van der Waals surface area contributed by atoms with Crippen LogP contribution in [-0.4, -0.2) is 18.0 Å².